The molecule has 2 aromatic rings. The molecule has 1 aromatic heterocycles. The Labute approximate surface area is 215 Å². The summed E-state index contributed by atoms with van der Waals surface area (Å²) >= 11 is 0. The summed E-state index contributed by atoms with van der Waals surface area (Å²) in [5, 5.41) is 11.2. The molecule has 1 aromatic carbocycles. The van der Waals surface area contributed by atoms with Gasteiger partial charge < -0.3 is 20.1 Å². The molecule has 8 heteroatoms. The largest absolute Gasteiger partial charge is 0.493 e. The average Bonchev–Trinajstić information content (AvgIpc) is 3.25. The normalized spacial score (nSPS) is 15.5. The molecule has 33 heavy (non-hydrogen) atoms. The van der Waals surface area contributed by atoms with Crippen LogP contribution in [-0.4, -0.2) is 49.6 Å². The number of hydrogen-bond donors (Lipinski definition) is 2. The summed E-state index contributed by atoms with van der Waals surface area (Å²) in [6.07, 6.45) is 12.1. The molecule has 1 aliphatic carbocycles. The predicted molar refractivity (Wildman–Crippen MR) is 145 cm³/mol. The van der Waals surface area contributed by atoms with Crippen LogP contribution in [0.5, 0.6) is 11.5 Å². The Kier molecular flexibility index (Phi) is 11.3. The van der Waals surface area contributed by atoms with E-state index < -0.39 is 0 Å². The van der Waals surface area contributed by atoms with Crippen LogP contribution >= 0.6 is 24.0 Å². The number of nitrogens with zero attached hydrogens (tertiary/aromatic N) is 3. The van der Waals surface area contributed by atoms with Crippen molar-refractivity contribution in [2.45, 2.75) is 57.3 Å². The summed E-state index contributed by atoms with van der Waals surface area (Å²) < 4.78 is 12.9. The van der Waals surface area contributed by atoms with Crippen molar-refractivity contribution in [2.75, 3.05) is 33.9 Å². The summed E-state index contributed by atoms with van der Waals surface area (Å²) in [5.41, 5.74) is 2.60. The van der Waals surface area contributed by atoms with Gasteiger partial charge in [0.05, 0.1) is 27.0 Å². The zero-order valence-electron chi connectivity index (χ0n) is 20.5. The molecule has 1 saturated carbocycles. The van der Waals surface area contributed by atoms with Crippen LogP contribution in [0.15, 0.2) is 35.6 Å². The van der Waals surface area contributed by atoms with E-state index in [1.165, 1.54) is 30.4 Å². The van der Waals surface area contributed by atoms with E-state index in [0.717, 1.165) is 62.8 Å². The first kappa shape index (κ1) is 27.3. The van der Waals surface area contributed by atoms with Crippen molar-refractivity contribution >= 4 is 29.9 Å². The Balaban J connectivity index is 0.00000385. The molecule has 0 atom stereocenters. The Morgan fingerprint density at radius 3 is 2.52 bits per heavy atom. The highest BCUT2D eigenvalue weighted by molar-refractivity contribution is 14.0. The van der Waals surface area contributed by atoms with Gasteiger partial charge in [0.2, 0.25) is 0 Å². The van der Waals surface area contributed by atoms with Crippen LogP contribution in [0.1, 0.15) is 56.6 Å². The topological polar surface area (TPSA) is 72.7 Å². The molecule has 1 fully saturated rings. The lowest BCUT2D eigenvalue weighted by Gasteiger charge is -2.37. The molecule has 1 aliphatic rings. The number of methoxy groups -OCH3 is 2. The lowest BCUT2D eigenvalue weighted by atomic mass is 9.69. The molecule has 0 amide bonds. The van der Waals surface area contributed by atoms with Gasteiger partial charge in [-0.25, -0.2) is 0 Å². The fourth-order valence-corrected chi connectivity index (χ4v) is 4.61. The van der Waals surface area contributed by atoms with Gasteiger partial charge in [0.25, 0.3) is 0 Å². The minimum Gasteiger partial charge on any atom is -0.493 e. The lowest BCUT2D eigenvalue weighted by molar-refractivity contribution is 0.298. The van der Waals surface area contributed by atoms with E-state index in [9.17, 15) is 0 Å². The third-order valence-corrected chi connectivity index (χ3v) is 6.38. The Morgan fingerprint density at radius 1 is 1.12 bits per heavy atom. The van der Waals surface area contributed by atoms with Crippen LogP contribution in [0.4, 0.5) is 0 Å². The zero-order chi connectivity index (χ0) is 22.8. The molecular formula is C25H40IN5O2. The van der Waals surface area contributed by atoms with Gasteiger partial charge in [0.15, 0.2) is 17.5 Å². The van der Waals surface area contributed by atoms with E-state index in [1.807, 2.05) is 24.0 Å². The highest BCUT2D eigenvalue weighted by Crippen LogP contribution is 2.42. The average molecular weight is 570 g/mol. The zero-order valence-corrected chi connectivity index (χ0v) is 22.9. The van der Waals surface area contributed by atoms with E-state index in [2.05, 4.69) is 41.0 Å². The first-order chi connectivity index (χ1) is 15.6. The summed E-state index contributed by atoms with van der Waals surface area (Å²) in [7, 11) is 5.34. The van der Waals surface area contributed by atoms with Gasteiger partial charge >= 0.3 is 0 Å². The fraction of sp³-hybridized carbons (Fsp3) is 0.600. The summed E-state index contributed by atoms with van der Waals surface area (Å²) in [6, 6.07) is 6.36. The van der Waals surface area contributed by atoms with Crippen molar-refractivity contribution in [3.8, 4) is 11.5 Å². The molecule has 0 spiro atoms. The van der Waals surface area contributed by atoms with Crippen LogP contribution in [0.25, 0.3) is 0 Å². The van der Waals surface area contributed by atoms with Crippen molar-refractivity contribution < 1.29 is 9.47 Å². The Morgan fingerprint density at radius 2 is 1.88 bits per heavy atom. The minimum absolute atomic E-state index is 0. The second-order valence-electron chi connectivity index (χ2n) is 8.66. The number of benzene rings is 1. The van der Waals surface area contributed by atoms with Crippen LogP contribution < -0.4 is 20.1 Å². The third kappa shape index (κ3) is 7.52. The summed E-state index contributed by atoms with van der Waals surface area (Å²) in [5.74, 6) is 2.46. The Bertz CT molecular complexity index is 877. The number of rotatable bonds is 10. The van der Waals surface area contributed by atoms with Crippen molar-refractivity contribution in [3.63, 3.8) is 0 Å². The quantitative estimate of drug-likeness (QED) is 0.192. The number of aromatic nitrogens is 2. The maximum absolute atomic E-state index is 5.59. The van der Waals surface area contributed by atoms with Crippen LogP contribution in [0.2, 0.25) is 0 Å². The van der Waals surface area contributed by atoms with Crippen molar-refractivity contribution in [3.05, 3.63) is 41.7 Å². The van der Waals surface area contributed by atoms with Crippen LogP contribution in [0.3, 0.4) is 0 Å². The van der Waals surface area contributed by atoms with Gasteiger partial charge in [-0.05, 0) is 55.9 Å². The highest BCUT2D eigenvalue weighted by atomic mass is 127. The SMILES string of the molecule is CCNC(=NCC1(c2ccc(OC)c(OC)c2)CCCCC1)NCCCc1cnn(C)c1.I. The van der Waals surface area contributed by atoms with Crippen LogP contribution in [0, 0.1) is 0 Å². The van der Waals surface area contributed by atoms with E-state index >= 15 is 0 Å². The number of aryl methyl sites for hydroxylation is 2. The second-order valence-corrected chi connectivity index (χ2v) is 8.66. The number of hydrogen-bond acceptors (Lipinski definition) is 4. The minimum atomic E-state index is 0. The van der Waals surface area contributed by atoms with Gasteiger partial charge in [-0.3, -0.25) is 9.67 Å². The number of nitrogens with one attached hydrogen (secondary N) is 2. The number of guanidine groups is 1. The van der Waals surface area contributed by atoms with Gasteiger partial charge in [0.1, 0.15) is 0 Å². The molecule has 0 saturated heterocycles. The third-order valence-electron chi connectivity index (χ3n) is 6.38. The highest BCUT2D eigenvalue weighted by Gasteiger charge is 2.34. The van der Waals surface area contributed by atoms with Gasteiger partial charge in [-0.2, -0.15) is 5.10 Å². The van der Waals surface area contributed by atoms with E-state index in [4.69, 9.17) is 14.5 Å². The van der Waals surface area contributed by atoms with E-state index in [0.29, 0.717) is 0 Å². The summed E-state index contributed by atoms with van der Waals surface area (Å²) in [6.45, 7) is 4.60. The maximum Gasteiger partial charge on any atom is 0.191 e. The molecule has 0 unspecified atom stereocenters. The molecule has 184 valence electrons. The smallest absolute Gasteiger partial charge is 0.191 e. The standard InChI is InChI=1S/C25H39N5O2.HI/c1-5-26-24(27-15-9-10-20-17-29-30(2)18-20)28-19-25(13-7-6-8-14-25)21-11-12-22(31-3)23(16-21)32-4;/h11-12,16-18H,5-10,13-15,19H2,1-4H3,(H2,26,27,28);1H. The molecular weight excluding hydrogens is 529 g/mol. The molecule has 1 heterocycles. The van der Waals surface area contributed by atoms with Gasteiger partial charge in [-0.15, -0.1) is 24.0 Å². The van der Waals surface area contributed by atoms with E-state index in [1.54, 1.807) is 14.2 Å². The lowest BCUT2D eigenvalue weighted by Crippen LogP contribution is -2.40. The van der Waals surface area contributed by atoms with Gasteiger partial charge in [0, 0.05) is 31.7 Å². The monoisotopic (exact) mass is 569 g/mol. The van der Waals surface area contributed by atoms with Crippen molar-refractivity contribution in [1.82, 2.24) is 20.4 Å². The maximum atomic E-state index is 5.59. The van der Waals surface area contributed by atoms with E-state index in [-0.39, 0.29) is 29.4 Å². The number of halogens is 1. The Hall–Kier alpha value is -1.97. The summed E-state index contributed by atoms with van der Waals surface area (Å²) in [4.78, 5) is 5.04. The first-order valence-electron chi connectivity index (χ1n) is 11.8. The molecule has 2 N–H and O–H groups in total. The first-order valence-corrected chi connectivity index (χ1v) is 11.8. The molecule has 3 rings (SSSR count). The fourth-order valence-electron chi connectivity index (χ4n) is 4.61. The van der Waals surface area contributed by atoms with Gasteiger partial charge in [-0.1, -0.05) is 25.3 Å². The van der Waals surface area contributed by atoms with Crippen molar-refractivity contribution in [1.29, 1.82) is 0 Å². The second kappa shape index (κ2) is 13.7. The number of aliphatic imine (C=N–C) groups is 1. The molecule has 0 radical (unpaired) electrons. The van der Waals surface area contributed by atoms with Crippen LogP contribution in [-0.2, 0) is 18.9 Å². The van der Waals surface area contributed by atoms with Crippen molar-refractivity contribution in [2.24, 2.45) is 12.0 Å². The molecule has 0 aliphatic heterocycles. The predicted octanol–water partition coefficient (Wildman–Crippen LogP) is 4.45. The molecule has 7 nitrogen and oxygen atoms in total. The molecule has 0 bridgehead atoms. The number of ether oxygens (including phenoxy) is 2.